The van der Waals surface area contributed by atoms with Crippen LogP contribution in [0.5, 0.6) is 0 Å². The second-order valence-electron chi connectivity index (χ2n) is 2.66. The minimum Gasteiger partial charge on any atom is -0.366 e. The monoisotopic (exact) mass is 165 g/mol. The zero-order chi connectivity index (χ0) is 9.14. The number of aromatic nitrogens is 1. The van der Waals surface area contributed by atoms with Crippen molar-refractivity contribution in [3.05, 3.63) is 23.9 Å². The Kier molecular flexibility index (Phi) is 2.28. The van der Waals surface area contributed by atoms with E-state index in [1.807, 2.05) is 19.0 Å². The molecule has 0 saturated carbocycles. The Morgan fingerprint density at radius 3 is 2.50 bits per heavy atom. The average Bonchev–Trinajstić information content (AvgIpc) is 2.04. The van der Waals surface area contributed by atoms with Crippen molar-refractivity contribution in [2.75, 3.05) is 19.0 Å². The van der Waals surface area contributed by atoms with Crippen molar-refractivity contribution in [1.82, 2.24) is 4.98 Å². The maximum Gasteiger partial charge on any atom is 0.250 e. The first-order chi connectivity index (χ1) is 5.61. The lowest BCUT2D eigenvalue weighted by Gasteiger charge is -2.10. The highest BCUT2D eigenvalue weighted by atomic mass is 16.1. The van der Waals surface area contributed by atoms with Gasteiger partial charge in [0.2, 0.25) is 5.91 Å². The quantitative estimate of drug-likeness (QED) is 0.683. The van der Waals surface area contributed by atoms with Gasteiger partial charge in [-0.2, -0.15) is 0 Å². The van der Waals surface area contributed by atoms with E-state index in [2.05, 4.69) is 4.98 Å². The first kappa shape index (κ1) is 8.52. The van der Waals surface area contributed by atoms with E-state index in [1.165, 1.54) is 6.20 Å². The lowest BCUT2D eigenvalue weighted by atomic mass is 10.3. The van der Waals surface area contributed by atoms with Crippen LogP contribution in [0.15, 0.2) is 18.3 Å². The zero-order valence-corrected chi connectivity index (χ0v) is 7.11. The number of anilines is 1. The minimum absolute atomic E-state index is 0.431. The third kappa shape index (κ3) is 1.72. The van der Waals surface area contributed by atoms with E-state index in [1.54, 1.807) is 12.1 Å². The fourth-order valence-corrected chi connectivity index (χ4v) is 0.796. The van der Waals surface area contributed by atoms with E-state index in [0.29, 0.717) is 5.56 Å². The van der Waals surface area contributed by atoms with E-state index in [0.717, 1.165) is 5.82 Å². The Balaban J connectivity index is 2.93. The van der Waals surface area contributed by atoms with Gasteiger partial charge in [-0.3, -0.25) is 4.79 Å². The molecule has 1 rings (SSSR count). The first-order valence-electron chi connectivity index (χ1n) is 3.54. The SMILES string of the molecule is CN(C)c1ccc(C(N)=O)cn1. The molecule has 0 aliphatic heterocycles. The smallest absolute Gasteiger partial charge is 0.250 e. The summed E-state index contributed by atoms with van der Waals surface area (Å²) in [7, 11) is 3.76. The third-order valence-electron chi connectivity index (χ3n) is 1.49. The molecular weight excluding hydrogens is 154 g/mol. The molecule has 1 aromatic heterocycles. The summed E-state index contributed by atoms with van der Waals surface area (Å²) >= 11 is 0. The molecule has 0 aliphatic carbocycles. The maximum atomic E-state index is 10.7. The summed E-state index contributed by atoms with van der Waals surface area (Å²) in [5.41, 5.74) is 5.48. The van der Waals surface area contributed by atoms with Gasteiger partial charge >= 0.3 is 0 Å². The van der Waals surface area contributed by atoms with Gasteiger partial charge in [0.05, 0.1) is 5.56 Å². The van der Waals surface area contributed by atoms with Gasteiger partial charge in [0.1, 0.15) is 5.82 Å². The van der Waals surface area contributed by atoms with E-state index in [-0.39, 0.29) is 0 Å². The van der Waals surface area contributed by atoms with Crippen LogP contribution in [0.25, 0.3) is 0 Å². The number of carbonyl (C=O) groups is 1. The van der Waals surface area contributed by atoms with Gasteiger partial charge in [0, 0.05) is 20.3 Å². The number of amides is 1. The Morgan fingerprint density at radius 2 is 2.17 bits per heavy atom. The molecule has 0 aliphatic rings. The second kappa shape index (κ2) is 3.21. The van der Waals surface area contributed by atoms with Gasteiger partial charge in [0.15, 0.2) is 0 Å². The van der Waals surface area contributed by atoms with Crippen LogP contribution >= 0.6 is 0 Å². The number of hydrogen-bond acceptors (Lipinski definition) is 3. The molecular formula is C8H11N3O. The van der Waals surface area contributed by atoms with Crippen LogP contribution in [0.2, 0.25) is 0 Å². The summed E-state index contributed by atoms with van der Waals surface area (Å²) in [4.78, 5) is 16.5. The molecule has 0 fully saturated rings. The molecule has 0 bridgehead atoms. The molecule has 2 N–H and O–H groups in total. The number of pyridine rings is 1. The van der Waals surface area contributed by atoms with Crippen LogP contribution in [-0.4, -0.2) is 25.0 Å². The van der Waals surface area contributed by atoms with Gasteiger partial charge in [-0.1, -0.05) is 0 Å². The van der Waals surface area contributed by atoms with Gasteiger partial charge in [-0.05, 0) is 12.1 Å². The topological polar surface area (TPSA) is 59.2 Å². The molecule has 4 heteroatoms. The van der Waals surface area contributed by atoms with Gasteiger partial charge in [0.25, 0.3) is 0 Å². The highest BCUT2D eigenvalue weighted by Crippen LogP contribution is 2.06. The zero-order valence-electron chi connectivity index (χ0n) is 7.11. The predicted molar refractivity (Wildman–Crippen MR) is 47.1 cm³/mol. The van der Waals surface area contributed by atoms with Crippen LogP contribution in [0.3, 0.4) is 0 Å². The number of carbonyl (C=O) groups excluding carboxylic acids is 1. The summed E-state index contributed by atoms with van der Waals surface area (Å²) in [6.07, 6.45) is 1.47. The van der Waals surface area contributed by atoms with Crippen molar-refractivity contribution in [3.63, 3.8) is 0 Å². The molecule has 0 saturated heterocycles. The number of nitrogens with zero attached hydrogens (tertiary/aromatic N) is 2. The summed E-state index contributed by atoms with van der Waals surface area (Å²) in [5, 5.41) is 0. The molecule has 1 amide bonds. The van der Waals surface area contributed by atoms with Crippen LogP contribution in [0.1, 0.15) is 10.4 Å². The molecule has 0 spiro atoms. The predicted octanol–water partition coefficient (Wildman–Crippen LogP) is 0.247. The summed E-state index contributed by atoms with van der Waals surface area (Å²) < 4.78 is 0. The Bertz CT molecular complexity index is 279. The Morgan fingerprint density at radius 1 is 1.50 bits per heavy atom. The fourth-order valence-electron chi connectivity index (χ4n) is 0.796. The van der Waals surface area contributed by atoms with E-state index in [4.69, 9.17) is 5.73 Å². The molecule has 0 radical (unpaired) electrons. The molecule has 0 unspecified atom stereocenters. The molecule has 1 aromatic rings. The molecule has 12 heavy (non-hydrogen) atoms. The van der Waals surface area contributed by atoms with E-state index < -0.39 is 5.91 Å². The summed E-state index contributed by atoms with van der Waals surface area (Å²) in [6, 6.07) is 3.41. The molecule has 4 nitrogen and oxygen atoms in total. The molecule has 0 aromatic carbocycles. The van der Waals surface area contributed by atoms with Crippen molar-refractivity contribution in [1.29, 1.82) is 0 Å². The van der Waals surface area contributed by atoms with Crippen molar-refractivity contribution in [3.8, 4) is 0 Å². The number of rotatable bonds is 2. The molecule has 1 heterocycles. The normalized spacial score (nSPS) is 9.50. The average molecular weight is 165 g/mol. The Labute approximate surface area is 71.0 Å². The lowest BCUT2D eigenvalue weighted by Crippen LogP contribution is -2.14. The minimum atomic E-state index is -0.451. The van der Waals surface area contributed by atoms with Gasteiger partial charge in [-0.25, -0.2) is 4.98 Å². The highest BCUT2D eigenvalue weighted by molar-refractivity contribution is 5.92. The first-order valence-corrected chi connectivity index (χ1v) is 3.54. The van der Waals surface area contributed by atoms with Crippen LogP contribution < -0.4 is 10.6 Å². The van der Waals surface area contributed by atoms with Crippen molar-refractivity contribution < 1.29 is 4.79 Å². The van der Waals surface area contributed by atoms with Crippen molar-refractivity contribution in [2.45, 2.75) is 0 Å². The van der Waals surface area contributed by atoms with Crippen molar-refractivity contribution in [2.24, 2.45) is 5.73 Å². The number of nitrogens with two attached hydrogens (primary N) is 1. The number of hydrogen-bond donors (Lipinski definition) is 1. The van der Waals surface area contributed by atoms with Gasteiger partial charge < -0.3 is 10.6 Å². The molecule has 64 valence electrons. The maximum absolute atomic E-state index is 10.7. The van der Waals surface area contributed by atoms with Gasteiger partial charge in [-0.15, -0.1) is 0 Å². The lowest BCUT2D eigenvalue weighted by molar-refractivity contribution is 0.1000. The largest absolute Gasteiger partial charge is 0.366 e. The standard InChI is InChI=1S/C8H11N3O/c1-11(2)7-4-3-6(5-10-7)8(9)12/h3-5H,1-2H3,(H2,9,12). The summed E-state index contributed by atoms with van der Waals surface area (Å²) in [6.45, 7) is 0. The van der Waals surface area contributed by atoms with E-state index >= 15 is 0 Å². The van der Waals surface area contributed by atoms with E-state index in [9.17, 15) is 4.79 Å². The highest BCUT2D eigenvalue weighted by Gasteiger charge is 2.00. The van der Waals surface area contributed by atoms with Crippen LogP contribution in [0, 0.1) is 0 Å². The fraction of sp³-hybridized carbons (Fsp3) is 0.250. The number of primary amides is 1. The van der Waals surface area contributed by atoms with Crippen LogP contribution in [-0.2, 0) is 0 Å². The second-order valence-corrected chi connectivity index (χ2v) is 2.66. The third-order valence-corrected chi connectivity index (χ3v) is 1.49. The van der Waals surface area contributed by atoms with Crippen molar-refractivity contribution >= 4 is 11.7 Å². The molecule has 0 atom stereocenters. The summed E-state index contributed by atoms with van der Waals surface area (Å²) in [5.74, 6) is 0.354. The van der Waals surface area contributed by atoms with Crippen LogP contribution in [0.4, 0.5) is 5.82 Å². The Hall–Kier alpha value is -1.58.